The van der Waals surface area contributed by atoms with E-state index in [4.69, 9.17) is 4.74 Å². The molecule has 0 aromatic heterocycles. The molecule has 1 fully saturated rings. The lowest BCUT2D eigenvalue weighted by Gasteiger charge is -2.34. The maximum absolute atomic E-state index is 12.2. The SMILES string of the molecule is COc1ccc(S(=O)(=O)NCC2(C)CCNCC2)cc1. The Morgan fingerprint density at radius 2 is 1.85 bits per heavy atom. The van der Waals surface area contributed by atoms with Crippen molar-refractivity contribution in [3.05, 3.63) is 24.3 Å². The van der Waals surface area contributed by atoms with Crippen LogP contribution >= 0.6 is 0 Å². The fraction of sp³-hybridized carbons (Fsp3) is 0.571. The summed E-state index contributed by atoms with van der Waals surface area (Å²) in [5.74, 6) is 0.647. The van der Waals surface area contributed by atoms with Crippen molar-refractivity contribution in [1.29, 1.82) is 0 Å². The van der Waals surface area contributed by atoms with Crippen LogP contribution in [0.2, 0.25) is 0 Å². The van der Waals surface area contributed by atoms with Crippen LogP contribution in [0.15, 0.2) is 29.2 Å². The molecule has 0 atom stereocenters. The van der Waals surface area contributed by atoms with Gasteiger partial charge in [0, 0.05) is 6.54 Å². The lowest BCUT2D eigenvalue weighted by Crippen LogP contribution is -2.42. The number of piperidine rings is 1. The Bertz CT molecular complexity index is 534. The molecule has 0 radical (unpaired) electrons. The molecule has 2 rings (SSSR count). The second-order valence-electron chi connectivity index (χ2n) is 5.56. The van der Waals surface area contributed by atoms with Crippen LogP contribution in [0, 0.1) is 5.41 Å². The van der Waals surface area contributed by atoms with Gasteiger partial charge in [0.05, 0.1) is 12.0 Å². The third kappa shape index (κ3) is 3.71. The van der Waals surface area contributed by atoms with Gasteiger partial charge in [-0.25, -0.2) is 13.1 Å². The van der Waals surface area contributed by atoms with Crippen LogP contribution in [0.25, 0.3) is 0 Å². The minimum Gasteiger partial charge on any atom is -0.497 e. The second-order valence-corrected chi connectivity index (χ2v) is 7.33. The van der Waals surface area contributed by atoms with E-state index in [1.807, 2.05) is 0 Å². The molecule has 1 aromatic rings. The van der Waals surface area contributed by atoms with Crippen LogP contribution in [0.4, 0.5) is 0 Å². The van der Waals surface area contributed by atoms with Crippen LogP contribution < -0.4 is 14.8 Å². The summed E-state index contributed by atoms with van der Waals surface area (Å²) in [4.78, 5) is 0.274. The Balaban J connectivity index is 2.02. The van der Waals surface area contributed by atoms with Crippen molar-refractivity contribution in [2.75, 3.05) is 26.7 Å². The standard InChI is InChI=1S/C14H22N2O3S/c1-14(7-9-15-10-8-14)11-16-20(17,18)13-5-3-12(19-2)4-6-13/h3-6,15-16H,7-11H2,1-2H3. The maximum Gasteiger partial charge on any atom is 0.240 e. The summed E-state index contributed by atoms with van der Waals surface area (Å²) < 4.78 is 32.3. The van der Waals surface area contributed by atoms with Gasteiger partial charge >= 0.3 is 0 Å². The van der Waals surface area contributed by atoms with E-state index >= 15 is 0 Å². The molecule has 6 heteroatoms. The molecule has 1 heterocycles. The fourth-order valence-electron chi connectivity index (χ4n) is 2.31. The summed E-state index contributed by atoms with van der Waals surface area (Å²) in [7, 11) is -1.89. The van der Waals surface area contributed by atoms with Gasteiger partial charge in [0.25, 0.3) is 0 Å². The first-order chi connectivity index (χ1) is 9.45. The third-order valence-corrected chi connectivity index (χ3v) is 5.29. The van der Waals surface area contributed by atoms with Crippen LogP contribution in [-0.4, -0.2) is 35.2 Å². The van der Waals surface area contributed by atoms with E-state index in [0.29, 0.717) is 12.3 Å². The van der Waals surface area contributed by atoms with Crippen molar-refractivity contribution in [1.82, 2.24) is 10.0 Å². The number of sulfonamides is 1. The van der Waals surface area contributed by atoms with Crippen molar-refractivity contribution in [2.24, 2.45) is 5.41 Å². The average molecular weight is 298 g/mol. The largest absolute Gasteiger partial charge is 0.497 e. The van der Waals surface area contributed by atoms with Gasteiger partial charge in [-0.15, -0.1) is 0 Å². The summed E-state index contributed by atoms with van der Waals surface area (Å²) in [5, 5.41) is 3.29. The van der Waals surface area contributed by atoms with E-state index in [1.54, 1.807) is 31.4 Å². The molecule has 1 saturated heterocycles. The third-order valence-electron chi connectivity index (χ3n) is 3.87. The van der Waals surface area contributed by atoms with Crippen LogP contribution in [0.5, 0.6) is 5.75 Å². The molecule has 5 nitrogen and oxygen atoms in total. The number of hydrogen-bond acceptors (Lipinski definition) is 4. The molecule has 1 aliphatic heterocycles. The first-order valence-electron chi connectivity index (χ1n) is 6.80. The van der Waals surface area contributed by atoms with Crippen LogP contribution in [0.3, 0.4) is 0 Å². The molecule has 0 spiro atoms. The van der Waals surface area contributed by atoms with Crippen molar-refractivity contribution < 1.29 is 13.2 Å². The summed E-state index contributed by atoms with van der Waals surface area (Å²) in [6.45, 7) is 4.49. The van der Waals surface area contributed by atoms with Gasteiger partial charge in [-0.1, -0.05) is 6.92 Å². The van der Waals surface area contributed by atoms with Gasteiger partial charge < -0.3 is 10.1 Å². The van der Waals surface area contributed by atoms with Gasteiger partial charge in [0.2, 0.25) is 10.0 Å². The number of hydrogen-bond donors (Lipinski definition) is 2. The molecule has 1 aromatic carbocycles. The van der Waals surface area contributed by atoms with E-state index in [1.165, 1.54) is 0 Å². The predicted octanol–water partition coefficient (Wildman–Crippen LogP) is 1.36. The number of rotatable bonds is 5. The predicted molar refractivity (Wildman–Crippen MR) is 78.4 cm³/mol. The smallest absolute Gasteiger partial charge is 0.240 e. The number of methoxy groups -OCH3 is 1. The molecule has 0 unspecified atom stereocenters. The highest BCUT2D eigenvalue weighted by atomic mass is 32.2. The lowest BCUT2D eigenvalue weighted by atomic mass is 9.81. The Labute approximate surface area is 120 Å². The summed E-state index contributed by atoms with van der Waals surface area (Å²) >= 11 is 0. The summed E-state index contributed by atoms with van der Waals surface area (Å²) in [6.07, 6.45) is 1.97. The highest BCUT2D eigenvalue weighted by molar-refractivity contribution is 7.89. The van der Waals surface area contributed by atoms with Crippen molar-refractivity contribution in [3.8, 4) is 5.75 Å². The van der Waals surface area contributed by atoms with Gasteiger partial charge in [0.15, 0.2) is 0 Å². The number of benzene rings is 1. The highest BCUT2D eigenvalue weighted by Gasteiger charge is 2.28. The van der Waals surface area contributed by atoms with E-state index in [2.05, 4.69) is 17.0 Å². The van der Waals surface area contributed by atoms with Gasteiger partial charge in [-0.05, 0) is 55.6 Å². The number of nitrogens with one attached hydrogen (secondary N) is 2. The molecular weight excluding hydrogens is 276 g/mol. The molecule has 0 aliphatic carbocycles. The monoisotopic (exact) mass is 298 g/mol. The zero-order valence-electron chi connectivity index (χ0n) is 12.0. The first kappa shape index (κ1) is 15.3. The van der Waals surface area contributed by atoms with E-state index in [-0.39, 0.29) is 10.3 Å². The molecule has 20 heavy (non-hydrogen) atoms. The Morgan fingerprint density at radius 1 is 1.25 bits per heavy atom. The number of ether oxygens (including phenoxy) is 1. The zero-order chi connectivity index (χ0) is 14.6. The van der Waals surface area contributed by atoms with Crippen LogP contribution in [-0.2, 0) is 10.0 Å². The summed E-state index contributed by atoms with van der Waals surface area (Å²) in [5.41, 5.74) is 0.0325. The van der Waals surface area contributed by atoms with E-state index < -0.39 is 10.0 Å². The zero-order valence-corrected chi connectivity index (χ0v) is 12.8. The van der Waals surface area contributed by atoms with Crippen molar-refractivity contribution in [2.45, 2.75) is 24.7 Å². The molecule has 112 valence electrons. The molecular formula is C14H22N2O3S. The maximum atomic E-state index is 12.2. The molecule has 2 N–H and O–H groups in total. The van der Waals surface area contributed by atoms with Crippen molar-refractivity contribution >= 4 is 10.0 Å². The highest BCUT2D eigenvalue weighted by Crippen LogP contribution is 2.27. The van der Waals surface area contributed by atoms with Gasteiger partial charge in [-0.2, -0.15) is 0 Å². The molecule has 0 saturated carbocycles. The first-order valence-corrected chi connectivity index (χ1v) is 8.28. The molecule has 0 bridgehead atoms. The molecule has 0 amide bonds. The minimum absolute atomic E-state index is 0.0325. The van der Waals surface area contributed by atoms with Crippen molar-refractivity contribution in [3.63, 3.8) is 0 Å². The fourth-order valence-corrected chi connectivity index (χ4v) is 3.51. The quantitative estimate of drug-likeness (QED) is 0.861. The average Bonchev–Trinajstić information content (AvgIpc) is 2.46. The van der Waals surface area contributed by atoms with E-state index in [9.17, 15) is 8.42 Å². The normalized spacial score (nSPS) is 18.7. The second kappa shape index (κ2) is 6.11. The Kier molecular flexibility index (Phi) is 4.67. The Morgan fingerprint density at radius 3 is 2.40 bits per heavy atom. The van der Waals surface area contributed by atoms with E-state index in [0.717, 1.165) is 25.9 Å². The molecule has 1 aliphatic rings. The van der Waals surface area contributed by atoms with Gasteiger partial charge in [-0.3, -0.25) is 0 Å². The topological polar surface area (TPSA) is 67.4 Å². The van der Waals surface area contributed by atoms with Crippen LogP contribution in [0.1, 0.15) is 19.8 Å². The summed E-state index contributed by atoms with van der Waals surface area (Å²) in [6, 6.07) is 6.43. The minimum atomic E-state index is -3.45. The lowest BCUT2D eigenvalue weighted by molar-refractivity contribution is 0.232. The Hall–Kier alpha value is -1.11. The van der Waals surface area contributed by atoms with Gasteiger partial charge in [0.1, 0.15) is 5.75 Å².